The van der Waals surface area contributed by atoms with E-state index in [1.54, 1.807) is 0 Å². The third-order valence-corrected chi connectivity index (χ3v) is 5.42. The zero-order valence-electron chi connectivity index (χ0n) is 13.6. The summed E-state index contributed by atoms with van der Waals surface area (Å²) in [7, 11) is 1.88. The van der Waals surface area contributed by atoms with Crippen LogP contribution in [0.15, 0.2) is 16.7 Å². The Balaban J connectivity index is 1.56. The van der Waals surface area contributed by atoms with Crippen LogP contribution in [0.2, 0.25) is 0 Å². The number of amides is 2. The van der Waals surface area contributed by atoms with Gasteiger partial charge in [-0.15, -0.1) is 0 Å². The Labute approximate surface area is 145 Å². The Morgan fingerprint density at radius 2 is 1.70 bits per heavy atom. The lowest BCUT2D eigenvalue weighted by atomic mass is 9.94. The average Bonchev–Trinajstić information content (AvgIpc) is 2.93. The highest BCUT2D eigenvalue weighted by Gasteiger charge is 2.31. The van der Waals surface area contributed by atoms with Crippen LogP contribution in [0, 0.1) is 5.92 Å². The number of carbonyl (C=O) groups excluding carboxylic acids is 2. The van der Waals surface area contributed by atoms with Gasteiger partial charge in [0, 0.05) is 49.8 Å². The van der Waals surface area contributed by atoms with E-state index in [0.717, 1.165) is 43.2 Å². The first-order valence-corrected chi connectivity index (χ1v) is 9.25. The molecule has 5 nitrogen and oxygen atoms in total. The smallest absolute Gasteiger partial charge is 0.270 e. The number of hydrogen-bond donors (Lipinski definition) is 0. The number of aromatic nitrogens is 1. The van der Waals surface area contributed by atoms with Gasteiger partial charge in [0.2, 0.25) is 5.91 Å². The molecule has 6 heteroatoms. The van der Waals surface area contributed by atoms with Gasteiger partial charge >= 0.3 is 0 Å². The van der Waals surface area contributed by atoms with Crippen LogP contribution >= 0.6 is 15.9 Å². The van der Waals surface area contributed by atoms with Crippen molar-refractivity contribution in [3.8, 4) is 0 Å². The van der Waals surface area contributed by atoms with Gasteiger partial charge in [-0.05, 0) is 54.1 Å². The number of halogens is 1. The second kappa shape index (κ2) is 7.07. The number of nitrogens with zero attached hydrogens (tertiary/aromatic N) is 3. The minimum atomic E-state index is 0.0575. The van der Waals surface area contributed by atoms with E-state index in [0.29, 0.717) is 24.7 Å². The lowest BCUT2D eigenvalue weighted by Crippen LogP contribution is -2.46. The normalized spacial score (nSPS) is 19.9. The molecule has 0 spiro atoms. The molecule has 0 radical (unpaired) electrons. The number of hydrogen-bond acceptors (Lipinski definition) is 2. The lowest BCUT2D eigenvalue weighted by molar-refractivity contribution is -0.137. The molecule has 1 aromatic heterocycles. The van der Waals surface area contributed by atoms with E-state index in [-0.39, 0.29) is 11.8 Å². The maximum absolute atomic E-state index is 12.6. The van der Waals surface area contributed by atoms with E-state index in [1.807, 2.05) is 33.7 Å². The number of aryl methyl sites for hydroxylation is 1. The molecule has 0 bridgehead atoms. The number of likely N-dealkylation sites (tertiary alicyclic amines) is 2. The average molecular weight is 382 g/mol. The van der Waals surface area contributed by atoms with Crippen LogP contribution in [0.1, 0.15) is 42.6 Å². The fourth-order valence-electron chi connectivity index (χ4n) is 3.60. The molecule has 0 N–H and O–H groups in total. The summed E-state index contributed by atoms with van der Waals surface area (Å²) < 4.78 is 2.76. The summed E-state index contributed by atoms with van der Waals surface area (Å²) in [4.78, 5) is 29.1. The van der Waals surface area contributed by atoms with Gasteiger partial charge in [-0.1, -0.05) is 0 Å². The highest BCUT2D eigenvalue weighted by Crippen LogP contribution is 2.24. The van der Waals surface area contributed by atoms with Crippen LogP contribution in [-0.4, -0.2) is 52.4 Å². The van der Waals surface area contributed by atoms with Crippen LogP contribution in [0.4, 0.5) is 0 Å². The summed E-state index contributed by atoms with van der Waals surface area (Å²) in [5, 5.41) is 0. The monoisotopic (exact) mass is 381 g/mol. The molecule has 1 aromatic rings. The summed E-state index contributed by atoms with van der Waals surface area (Å²) in [5.74, 6) is 0.456. The first kappa shape index (κ1) is 16.6. The van der Waals surface area contributed by atoms with E-state index in [1.165, 1.54) is 6.42 Å². The van der Waals surface area contributed by atoms with Crippen molar-refractivity contribution in [2.75, 3.05) is 26.2 Å². The molecule has 3 rings (SSSR count). The quantitative estimate of drug-likeness (QED) is 0.790. The fourth-order valence-corrected chi connectivity index (χ4v) is 4.12. The van der Waals surface area contributed by atoms with Gasteiger partial charge in [0.1, 0.15) is 5.69 Å². The molecule has 2 aliphatic rings. The number of carbonyl (C=O) groups is 2. The molecule has 126 valence electrons. The van der Waals surface area contributed by atoms with Gasteiger partial charge in [-0.2, -0.15) is 0 Å². The molecule has 2 fully saturated rings. The molecule has 0 aliphatic carbocycles. The molecule has 2 saturated heterocycles. The molecule has 23 heavy (non-hydrogen) atoms. The van der Waals surface area contributed by atoms with Crippen molar-refractivity contribution in [3.05, 3.63) is 22.4 Å². The van der Waals surface area contributed by atoms with E-state index < -0.39 is 0 Å². The summed E-state index contributed by atoms with van der Waals surface area (Å²) in [5.41, 5.74) is 0.692. The summed E-state index contributed by atoms with van der Waals surface area (Å²) >= 11 is 3.41. The molecule has 2 aliphatic heterocycles. The Morgan fingerprint density at radius 1 is 1.04 bits per heavy atom. The highest BCUT2D eigenvalue weighted by atomic mass is 79.9. The summed E-state index contributed by atoms with van der Waals surface area (Å²) in [6.07, 6.45) is 6.96. The van der Waals surface area contributed by atoms with Crippen molar-refractivity contribution in [2.24, 2.45) is 13.0 Å². The molecular weight excluding hydrogens is 358 g/mol. The maximum Gasteiger partial charge on any atom is 0.270 e. The zero-order chi connectivity index (χ0) is 16.4. The molecule has 2 amide bonds. The van der Waals surface area contributed by atoms with Crippen LogP contribution in [0.3, 0.4) is 0 Å². The maximum atomic E-state index is 12.6. The SMILES string of the molecule is Cn1cc(Br)cc1C(=O)N1CCC(C(=O)N2CCCCC2)CC1. The van der Waals surface area contributed by atoms with Gasteiger partial charge in [-0.25, -0.2) is 0 Å². The van der Waals surface area contributed by atoms with Crippen LogP contribution in [0.5, 0.6) is 0 Å². The van der Waals surface area contributed by atoms with Crippen molar-refractivity contribution in [1.29, 1.82) is 0 Å². The van der Waals surface area contributed by atoms with E-state index in [4.69, 9.17) is 0 Å². The first-order valence-electron chi connectivity index (χ1n) is 8.46. The van der Waals surface area contributed by atoms with E-state index >= 15 is 0 Å². The largest absolute Gasteiger partial charge is 0.345 e. The van der Waals surface area contributed by atoms with E-state index in [2.05, 4.69) is 15.9 Å². The standard InChI is InChI=1S/C17H24BrN3O2/c1-19-12-14(18)11-15(19)17(23)21-9-5-13(6-10-21)16(22)20-7-3-2-4-8-20/h11-13H,2-10H2,1H3. The predicted molar refractivity (Wildman–Crippen MR) is 92.2 cm³/mol. The lowest BCUT2D eigenvalue weighted by Gasteiger charge is -2.35. The minimum Gasteiger partial charge on any atom is -0.345 e. The summed E-state index contributed by atoms with van der Waals surface area (Å²) in [6, 6.07) is 1.85. The van der Waals surface area contributed by atoms with Crippen LogP contribution < -0.4 is 0 Å². The van der Waals surface area contributed by atoms with Crippen molar-refractivity contribution in [3.63, 3.8) is 0 Å². The third kappa shape index (κ3) is 3.62. The second-order valence-corrected chi connectivity index (χ2v) is 7.52. The van der Waals surface area contributed by atoms with Gasteiger partial charge in [0.25, 0.3) is 5.91 Å². The molecular formula is C17H24BrN3O2. The first-order chi connectivity index (χ1) is 11.1. The highest BCUT2D eigenvalue weighted by molar-refractivity contribution is 9.10. The van der Waals surface area contributed by atoms with Crippen molar-refractivity contribution < 1.29 is 9.59 Å². The van der Waals surface area contributed by atoms with Crippen molar-refractivity contribution in [1.82, 2.24) is 14.4 Å². The Bertz CT molecular complexity index is 585. The number of piperidine rings is 2. The van der Waals surface area contributed by atoms with Crippen molar-refractivity contribution in [2.45, 2.75) is 32.1 Å². The van der Waals surface area contributed by atoms with E-state index in [9.17, 15) is 9.59 Å². The summed E-state index contributed by atoms with van der Waals surface area (Å²) in [6.45, 7) is 3.17. The van der Waals surface area contributed by atoms with Crippen LogP contribution in [0.25, 0.3) is 0 Å². The van der Waals surface area contributed by atoms with Gasteiger partial charge in [0.15, 0.2) is 0 Å². The van der Waals surface area contributed by atoms with Gasteiger partial charge in [-0.3, -0.25) is 9.59 Å². The molecule has 0 saturated carbocycles. The van der Waals surface area contributed by atoms with Crippen molar-refractivity contribution >= 4 is 27.7 Å². The molecule has 3 heterocycles. The third-order valence-electron chi connectivity index (χ3n) is 4.99. The predicted octanol–water partition coefficient (Wildman–Crippen LogP) is 2.65. The number of rotatable bonds is 2. The van der Waals surface area contributed by atoms with Gasteiger partial charge < -0.3 is 14.4 Å². The molecule has 0 aromatic carbocycles. The Kier molecular flexibility index (Phi) is 5.09. The minimum absolute atomic E-state index is 0.0575. The Hall–Kier alpha value is -1.30. The zero-order valence-corrected chi connectivity index (χ0v) is 15.2. The van der Waals surface area contributed by atoms with Gasteiger partial charge in [0.05, 0.1) is 0 Å². The topological polar surface area (TPSA) is 45.6 Å². The second-order valence-electron chi connectivity index (χ2n) is 6.61. The molecule has 0 atom stereocenters. The fraction of sp³-hybridized carbons (Fsp3) is 0.647. The van der Waals surface area contributed by atoms with Crippen LogP contribution in [-0.2, 0) is 11.8 Å². The molecule has 0 unspecified atom stereocenters. The Morgan fingerprint density at radius 3 is 2.26 bits per heavy atom.